The van der Waals surface area contributed by atoms with Crippen molar-refractivity contribution >= 4 is 34.5 Å². The minimum Gasteiger partial charge on any atom is -0.493 e. The van der Waals surface area contributed by atoms with E-state index in [1.165, 1.54) is 11.0 Å². The molecule has 2 N–H and O–H groups in total. The van der Waals surface area contributed by atoms with E-state index in [1.807, 2.05) is 24.3 Å². The Balaban J connectivity index is 1.66. The number of carbonyl (C=O) groups excluding carboxylic acids is 2. The molecule has 2 unspecified atom stereocenters. The number of nitrogens with one attached hydrogen (secondary N) is 1. The number of likely N-dealkylation sites (N-methyl/N-ethyl adjacent to an activating group) is 2. The molecule has 144 valence electrons. The number of para-hydroxylation sites is 1. The third-order valence-corrected chi connectivity index (χ3v) is 4.92. The van der Waals surface area contributed by atoms with Crippen molar-refractivity contribution in [3.05, 3.63) is 36.9 Å². The lowest BCUT2D eigenvalue weighted by atomic mass is 10.1. The number of nitrogens with zero attached hydrogens (tertiary/aromatic N) is 6. The summed E-state index contributed by atoms with van der Waals surface area (Å²) in [6.45, 7) is 3.72. The number of hydrogen-bond donors (Lipinski definition) is 2. The van der Waals surface area contributed by atoms with Gasteiger partial charge in [0.05, 0.1) is 5.52 Å². The van der Waals surface area contributed by atoms with Crippen molar-refractivity contribution in [2.45, 2.75) is 12.2 Å². The molecular formula is C18H19N7O3. The van der Waals surface area contributed by atoms with Gasteiger partial charge in [-0.2, -0.15) is 0 Å². The van der Waals surface area contributed by atoms with Gasteiger partial charge in [0.15, 0.2) is 17.9 Å². The number of aliphatic imine (C=N–C) groups is 1. The Morgan fingerprint density at radius 1 is 1.25 bits per heavy atom. The van der Waals surface area contributed by atoms with Crippen LogP contribution in [0.3, 0.4) is 0 Å². The molecule has 1 aromatic heterocycles. The lowest BCUT2D eigenvalue weighted by molar-refractivity contribution is -0.136. The van der Waals surface area contributed by atoms with Crippen LogP contribution in [-0.2, 0) is 4.79 Å². The molecule has 3 heterocycles. The van der Waals surface area contributed by atoms with Crippen molar-refractivity contribution in [1.29, 1.82) is 0 Å². The van der Waals surface area contributed by atoms with E-state index in [0.717, 1.165) is 10.4 Å². The number of aromatic nitrogens is 1. The molecule has 0 aliphatic carbocycles. The molecule has 0 radical (unpaired) electrons. The Morgan fingerprint density at radius 3 is 2.75 bits per heavy atom. The Bertz CT molecular complexity index is 1040. The summed E-state index contributed by atoms with van der Waals surface area (Å²) < 4.78 is 0. The van der Waals surface area contributed by atoms with Gasteiger partial charge in [-0.15, -0.1) is 16.8 Å². The normalized spacial score (nSPS) is 22.4. The highest BCUT2D eigenvalue weighted by molar-refractivity contribution is 6.04. The molecule has 28 heavy (non-hydrogen) atoms. The van der Waals surface area contributed by atoms with Gasteiger partial charge < -0.3 is 19.9 Å². The van der Waals surface area contributed by atoms with Gasteiger partial charge in [-0.1, -0.05) is 24.3 Å². The summed E-state index contributed by atoms with van der Waals surface area (Å²) >= 11 is 0. The quantitative estimate of drug-likeness (QED) is 0.625. The average Bonchev–Trinajstić information content (AvgIpc) is 3.18. The summed E-state index contributed by atoms with van der Waals surface area (Å²) in [5.74, 6) is -0.267. The first-order chi connectivity index (χ1) is 13.4. The molecule has 1 saturated heterocycles. The van der Waals surface area contributed by atoms with Crippen LogP contribution in [-0.4, -0.2) is 75.5 Å². The fourth-order valence-electron chi connectivity index (χ4n) is 3.46. The first-order valence-electron chi connectivity index (χ1n) is 8.65. The maximum absolute atomic E-state index is 12.8. The van der Waals surface area contributed by atoms with Crippen LogP contribution in [0.4, 0.5) is 10.5 Å². The van der Waals surface area contributed by atoms with Crippen LogP contribution in [0.15, 0.2) is 52.1 Å². The van der Waals surface area contributed by atoms with E-state index < -0.39 is 18.2 Å². The summed E-state index contributed by atoms with van der Waals surface area (Å²) in [5.41, 5.74) is 1.01. The molecule has 1 aromatic carbocycles. The minimum atomic E-state index is -0.687. The van der Waals surface area contributed by atoms with Crippen molar-refractivity contribution in [3.8, 4) is 5.88 Å². The maximum Gasteiger partial charge on any atom is 0.328 e. The van der Waals surface area contributed by atoms with Crippen LogP contribution in [0, 0.1) is 0 Å². The first-order valence-corrected chi connectivity index (χ1v) is 8.65. The Hall–Kier alpha value is -3.69. The molecule has 0 bridgehead atoms. The van der Waals surface area contributed by atoms with E-state index in [2.05, 4.69) is 26.8 Å². The second-order valence-electron chi connectivity index (χ2n) is 6.60. The number of urea groups is 1. The third-order valence-electron chi connectivity index (χ3n) is 4.92. The SMILES string of the molecule is C=CCN1C(=O)C2C(N=C(N=Nc3c(O)[nH]c4ccccc34)N2C)N(C)C1=O. The predicted molar refractivity (Wildman–Crippen MR) is 102 cm³/mol. The highest BCUT2D eigenvalue weighted by Gasteiger charge is 2.50. The lowest BCUT2D eigenvalue weighted by Crippen LogP contribution is -2.64. The lowest BCUT2D eigenvalue weighted by Gasteiger charge is -2.39. The molecular weight excluding hydrogens is 362 g/mol. The van der Waals surface area contributed by atoms with Gasteiger partial charge in [-0.25, -0.2) is 9.79 Å². The summed E-state index contributed by atoms with van der Waals surface area (Å²) in [7, 11) is 3.26. The zero-order chi connectivity index (χ0) is 20.0. The first kappa shape index (κ1) is 17.7. The van der Waals surface area contributed by atoms with Crippen LogP contribution in [0.1, 0.15) is 0 Å². The van der Waals surface area contributed by atoms with Gasteiger partial charge in [-0.05, 0) is 6.07 Å². The average molecular weight is 381 g/mol. The van der Waals surface area contributed by atoms with Crippen molar-refractivity contribution in [2.75, 3.05) is 20.6 Å². The van der Waals surface area contributed by atoms with Gasteiger partial charge in [0.1, 0.15) is 0 Å². The number of aromatic amines is 1. The molecule has 0 spiro atoms. The Morgan fingerprint density at radius 2 is 2.00 bits per heavy atom. The van der Waals surface area contributed by atoms with Crippen molar-refractivity contribution in [3.63, 3.8) is 0 Å². The van der Waals surface area contributed by atoms with E-state index >= 15 is 0 Å². The number of amides is 3. The third kappa shape index (κ3) is 2.53. The molecule has 10 heteroatoms. The number of azo groups is 1. The van der Waals surface area contributed by atoms with Crippen LogP contribution >= 0.6 is 0 Å². The fraction of sp³-hybridized carbons (Fsp3) is 0.278. The molecule has 1 fully saturated rings. The maximum atomic E-state index is 12.8. The van der Waals surface area contributed by atoms with Crippen molar-refractivity contribution < 1.29 is 14.7 Å². The highest BCUT2D eigenvalue weighted by atomic mass is 16.3. The van der Waals surface area contributed by atoms with Crippen LogP contribution < -0.4 is 0 Å². The summed E-state index contributed by atoms with van der Waals surface area (Å²) in [6, 6.07) is 6.17. The molecule has 2 atom stereocenters. The molecule has 4 rings (SSSR count). The standard InChI is InChI=1S/C18H19N7O3/c1-4-9-25-16(27)13-14(24(3)18(25)28)20-17(23(13)2)22-21-12-10-7-5-6-8-11(10)19-15(12)26/h4-8,13-14,19,26H,1,9H2,2-3H3. The van der Waals surface area contributed by atoms with Gasteiger partial charge in [0.25, 0.3) is 5.91 Å². The van der Waals surface area contributed by atoms with Crippen LogP contribution in [0.5, 0.6) is 5.88 Å². The largest absolute Gasteiger partial charge is 0.493 e. The van der Waals surface area contributed by atoms with E-state index in [1.54, 1.807) is 19.0 Å². The monoisotopic (exact) mass is 381 g/mol. The summed E-state index contributed by atoms with van der Waals surface area (Å²) in [4.78, 5) is 36.5. The number of benzene rings is 1. The number of guanidine groups is 1. The Kier molecular flexibility index (Phi) is 4.10. The minimum absolute atomic E-state index is 0.107. The van der Waals surface area contributed by atoms with Crippen LogP contribution in [0.2, 0.25) is 0 Å². The molecule has 10 nitrogen and oxygen atoms in total. The number of rotatable bonds is 3. The van der Waals surface area contributed by atoms with Gasteiger partial charge in [-0.3, -0.25) is 9.69 Å². The number of fused-ring (bicyclic) bond motifs is 2. The second-order valence-corrected chi connectivity index (χ2v) is 6.60. The van der Waals surface area contributed by atoms with Gasteiger partial charge in [0, 0.05) is 26.0 Å². The van der Waals surface area contributed by atoms with E-state index in [0.29, 0.717) is 5.39 Å². The number of H-pyrrole nitrogens is 1. The van der Waals surface area contributed by atoms with Gasteiger partial charge in [0.2, 0.25) is 11.8 Å². The number of hydrogen-bond acceptors (Lipinski definition) is 7. The smallest absolute Gasteiger partial charge is 0.328 e. The topological polar surface area (TPSA) is 117 Å². The van der Waals surface area contributed by atoms with E-state index in [9.17, 15) is 14.7 Å². The van der Waals surface area contributed by atoms with Crippen molar-refractivity contribution in [1.82, 2.24) is 19.7 Å². The zero-order valence-corrected chi connectivity index (χ0v) is 15.4. The van der Waals surface area contributed by atoms with Crippen LogP contribution in [0.25, 0.3) is 10.9 Å². The summed E-state index contributed by atoms with van der Waals surface area (Å²) in [6.07, 6.45) is 0.816. The molecule has 2 aliphatic rings. The molecule has 0 saturated carbocycles. The molecule has 2 aliphatic heterocycles. The molecule has 3 amide bonds. The highest BCUT2D eigenvalue weighted by Crippen LogP contribution is 2.35. The fourth-order valence-corrected chi connectivity index (χ4v) is 3.46. The molecule has 2 aromatic rings. The second kappa shape index (κ2) is 6.48. The number of aromatic hydroxyl groups is 1. The van der Waals surface area contributed by atoms with E-state index in [-0.39, 0.29) is 30.0 Å². The summed E-state index contributed by atoms with van der Waals surface area (Å²) in [5, 5.41) is 19.1. The zero-order valence-electron chi connectivity index (χ0n) is 15.4. The predicted octanol–water partition coefficient (Wildman–Crippen LogP) is 2.03. The Labute approximate surface area is 160 Å². The number of carbonyl (C=O) groups is 2. The van der Waals surface area contributed by atoms with E-state index in [4.69, 9.17) is 0 Å². The van der Waals surface area contributed by atoms with Crippen molar-refractivity contribution in [2.24, 2.45) is 15.2 Å². The number of imide groups is 1. The van der Waals surface area contributed by atoms with Gasteiger partial charge >= 0.3 is 6.03 Å².